The molecule has 0 saturated heterocycles. The molecule has 1 amide bonds. The average Bonchev–Trinajstić information content (AvgIpc) is 2.53. The summed E-state index contributed by atoms with van der Waals surface area (Å²) in [6.45, 7) is 2.05. The fourth-order valence-corrected chi connectivity index (χ4v) is 3.46. The number of carbonyl (C=O) groups excluding carboxylic acids is 1. The van der Waals surface area contributed by atoms with Crippen molar-refractivity contribution >= 4 is 28.6 Å². The Labute approximate surface area is 133 Å². The number of amides is 1. The van der Waals surface area contributed by atoms with Gasteiger partial charge in [0.05, 0.1) is 10.5 Å². The molecule has 3 nitrogen and oxygen atoms in total. The van der Waals surface area contributed by atoms with E-state index in [1.807, 2.05) is 54.6 Å². The molecule has 22 heavy (non-hydrogen) atoms. The maximum Gasteiger partial charge on any atom is 0.235 e. The van der Waals surface area contributed by atoms with Gasteiger partial charge in [0, 0.05) is 5.39 Å². The molecule has 2 N–H and O–H groups in total. The third kappa shape index (κ3) is 2.97. The van der Waals surface area contributed by atoms with Gasteiger partial charge < -0.3 is 5.73 Å². The van der Waals surface area contributed by atoms with Crippen molar-refractivity contribution in [2.75, 3.05) is 0 Å². The third-order valence-corrected chi connectivity index (χ3v) is 4.69. The zero-order chi connectivity index (χ0) is 15.5. The maximum atomic E-state index is 11.8. The SMILES string of the molecule is Cc1cc(SC(C(N)=O)c2ccccc2)nc2ccccc12. The highest BCUT2D eigenvalue weighted by atomic mass is 32.2. The van der Waals surface area contributed by atoms with Crippen LogP contribution in [0.15, 0.2) is 65.7 Å². The second-order valence-electron chi connectivity index (χ2n) is 5.11. The van der Waals surface area contributed by atoms with E-state index in [1.165, 1.54) is 11.8 Å². The van der Waals surface area contributed by atoms with E-state index in [0.29, 0.717) is 0 Å². The van der Waals surface area contributed by atoms with Gasteiger partial charge in [-0.3, -0.25) is 4.79 Å². The summed E-state index contributed by atoms with van der Waals surface area (Å²) in [5.41, 5.74) is 8.55. The molecule has 0 aliphatic heterocycles. The molecule has 4 heteroatoms. The Kier molecular flexibility index (Phi) is 4.11. The van der Waals surface area contributed by atoms with Gasteiger partial charge in [-0.2, -0.15) is 0 Å². The molecule has 0 aliphatic carbocycles. The summed E-state index contributed by atoms with van der Waals surface area (Å²) in [4.78, 5) is 16.5. The van der Waals surface area contributed by atoms with E-state index in [-0.39, 0.29) is 5.91 Å². The number of fused-ring (bicyclic) bond motifs is 1. The zero-order valence-electron chi connectivity index (χ0n) is 12.2. The number of benzene rings is 2. The number of aromatic nitrogens is 1. The number of hydrogen-bond acceptors (Lipinski definition) is 3. The third-order valence-electron chi connectivity index (χ3n) is 3.50. The Morgan fingerprint density at radius 2 is 1.77 bits per heavy atom. The number of carbonyl (C=O) groups is 1. The molecular formula is C18H16N2OS. The molecule has 0 fully saturated rings. The van der Waals surface area contributed by atoms with Crippen molar-refractivity contribution in [2.45, 2.75) is 17.2 Å². The van der Waals surface area contributed by atoms with Crippen LogP contribution in [0.25, 0.3) is 10.9 Å². The Balaban J connectivity index is 1.98. The van der Waals surface area contributed by atoms with E-state index >= 15 is 0 Å². The smallest absolute Gasteiger partial charge is 0.235 e. The molecule has 2 aromatic carbocycles. The van der Waals surface area contributed by atoms with E-state index in [9.17, 15) is 4.79 Å². The van der Waals surface area contributed by atoms with Crippen molar-refractivity contribution in [3.63, 3.8) is 0 Å². The number of para-hydroxylation sites is 1. The first kappa shape index (κ1) is 14.6. The first-order chi connectivity index (χ1) is 10.6. The van der Waals surface area contributed by atoms with Gasteiger partial charge in [-0.15, -0.1) is 0 Å². The number of rotatable bonds is 4. The first-order valence-electron chi connectivity index (χ1n) is 7.02. The van der Waals surface area contributed by atoms with Crippen LogP contribution in [0, 0.1) is 6.92 Å². The monoisotopic (exact) mass is 308 g/mol. The molecule has 0 bridgehead atoms. The lowest BCUT2D eigenvalue weighted by Gasteiger charge is -2.14. The summed E-state index contributed by atoms with van der Waals surface area (Å²) >= 11 is 1.39. The van der Waals surface area contributed by atoms with E-state index in [0.717, 1.165) is 27.1 Å². The van der Waals surface area contributed by atoms with Gasteiger partial charge in [0.1, 0.15) is 5.25 Å². The minimum atomic E-state index is -0.436. The Morgan fingerprint density at radius 1 is 1.09 bits per heavy atom. The Hall–Kier alpha value is -2.33. The summed E-state index contributed by atoms with van der Waals surface area (Å²) in [6, 6.07) is 19.6. The standard InChI is InChI=1S/C18H16N2OS/c1-12-11-16(20-15-10-6-5-9-14(12)15)22-17(18(19)21)13-7-3-2-4-8-13/h2-11,17H,1H3,(H2,19,21). The number of nitrogens with zero attached hydrogens (tertiary/aromatic N) is 1. The molecule has 3 rings (SSSR count). The lowest BCUT2D eigenvalue weighted by Crippen LogP contribution is -2.19. The van der Waals surface area contributed by atoms with Crippen LogP contribution in [0.3, 0.4) is 0 Å². The molecule has 1 atom stereocenters. The maximum absolute atomic E-state index is 11.8. The minimum Gasteiger partial charge on any atom is -0.368 e. The van der Waals surface area contributed by atoms with Crippen LogP contribution in [-0.2, 0) is 4.79 Å². The molecule has 0 aliphatic rings. The fourth-order valence-electron chi connectivity index (χ4n) is 2.42. The van der Waals surface area contributed by atoms with Crippen molar-refractivity contribution in [3.8, 4) is 0 Å². The van der Waals surface area contributed by atoms with Gasteiger partial charge in [0.2, 0.25) is 5.91 Å². The second kappa shape index (κ2) is 6.20. The van der Waals surface area contributed by atoms with Crippen molar-refractivity contribution < 1.29 is 4.79 Å². The number of thioether (sulfide) groups is 1. The Bertz CT molecular complexity index is 818. The van der Waals surface area contributed by atoms with E-state index in [1.54, 1.807) is 0 Å². The molecule has 0 saturated carbocycles. The van der Waals surface area contributed by atoms with Crippen LogP contribution in [0.4, 0.5) is 0 Å². The van der Waals surface area contributed by atoms with Crippen LogP contribution in [0.2, 0.25) is 0 Å². The quantitative estimate of drug-likeness (QED) is 0.745. The molecule has 1 unspecified atom stereocenters. The highest BCUT2D eigenvalue weighted by Crippen LogP contribution is 2.35. The largest absolute Gasteiger partial charge is 0.368 e. The number of hydrogen-bond donors (Lipinski definition) is 1. The molecule has 0 spiro atoms. The summed E-state index contributed by atoms with van der Waals surface area (Å²) in [7, 11) is 0. The van der Waals surface area contributed by atoms with Crippen molar-refractivity contribution in [3.05, 3.63) is 71.8 Å². The highest BCUT2D eigenvalue weighted by molar-refractivity contribution is 8.00. The lowest BCUT2D eigenvalue weighted by molar-refractivity contribution is -0.117. The zero-order valence-corrected chi connectivity index (χ0v) is 13.0. The van der Waals surface area contributed by atoms with Crippen LogP contribution in [0.1, 0.15) is 16.4 Å². The van der Waals surface area contributed by atoms with Gasteiger partial charge in [0.15, 0.2) is 0 Å². The molecule has 0 radical (unpaired) electrons. The molecule has 1 heterocycles. The fraction of sp³-hybridized carbons (Fsp3) is 0.111. The summed E-state index contributed by atoms with van der Waals surface area (Å²) in [6.07, 6.45) is 0. The first-order valence-corrected chi connectivity index (χ1v) is 7.90. The number of nitrogens with two attached hydrogens (primary N) is 1. The molecule has 3 aromatic rings. The number of aryl methyl sites for hydroxylation is 1. The summed E-state index contributed by atoms with van der Waals surface area (Å²) < 4.78 is 0. The van der Waals surface area contributed by atoms with Gasteiger partial charge in [-0.05, 0) is 30.2 Å². The summed E-state index contributed by atoms with van der Waals surface area (Å²) in [5, 5.41) is 1.50. The van der Waals surface area contributed by atoms with Crippen LogP contribution in [-0.4, -0.2) is 10.9 Å². The lowest BCUT2D eigenvalue weighted by atomic mass is 10.1. The summed E-state index contributed by atoms with van der Waals surface area (Å²) in [5.74, 6) is -0.358. The van der Waals surface area contributed by atoms with Crippen LogP contribution >= 0.6 is 11.8 Å². The highest BCUT2D eigenvalue weighted by Gasteiger charge is 2.20. The van der Waals surface area contributed by atoms with E-state index in [2.05, 4.69) is 18.0 Å². The van der Waals surface area contributed by atoms with E-state index < -0.39 is 5.25 Å². The normalized spacial score (nSPS) is 12.2. The average molecular weight is 308 g/mol. The number of primary amides is 1. The van der Waals surface area contributed by atoms with Crippen molar-refractivity contribution in [1.82, 2.24) is 4.98 Å². The number of pyridine rings is 1. The minimum absolute atomic E-state index is 0.358. The van der Waals surface area contributed by atoms with Gasteiger partial charge >= 0.3 is 0 Å². The van der Waals surface area contributed by atoms with Gasteiger partial charge in [-0.25, -0.2) is 4.98 Å². The van der Waals surface area contributed by atoms with Crippen LogP contribution < -0.4 is 5.73 Å². The second-order valence-corrected chi connectivity index (χ2v) is 6.23. The predicted octanol–water partition coefficient (Wildman–Crippen LogP) is 3.86. The van der Waals surface area contributed by atoms with Gasteiger partial charge in [0.25, 0.3) is 0 Å². The van der Waals surface area contributed by atoms with Crippen molar-refractivity contribution in [1.29, 1.82) is 0 Å². The molecule has 110 valence electrons. The molecule has 1 aromatic heterocycles. The van der Waals surface area contributed by atoms with Crippen molar-refractivity contribution in [2.24, 2.45) is 5.73 Å². The topological polar surface area (TPSA) is 56.0 Å². The van der Waals surface area contributed by atoms with E-state index in [4.69, 9.17) is 5.73 Å². The van der Waals surface area contributed by atoms with Crippen LogP contribution in [0.5, 0.6) is 0 Å². The van der Waals surface area contributed by atoms with Gasteiger partial charge in [-0.1, -0.05) is 60.3 Å². The predicted molar refractivity (Wildman–Crippen MR) is 90.7 cm³/mol. The Morgan fingerprint density at radius 3 is 2.50 bits per heavy atom. The molecular weight excluding hydrogens is 292 g/mol.